The molecule has 6 N–H and O–H groups in total. The lowest BCUT2D eigenvalue weighted by Crippen LogP contribution is -2.53. The topological polar surface area (TPSA) is 367 Å². The van der Waals surface area contributed by atoms with Crippen LogP contribution in [0.4, 0.5) is 13.2 Å². The van der Waals surface area contributed by atoms with E-state index in [0.29, 0.717) is 78.6 Å². The van der Waals surface area contributed by atoms with Crippen LogP contribution in [0.2, 0.25) is 0 Å². The molecule has 6 heterocycles. The Kier molecular flexibility index (Phi) is 28.2. The Morgan fingerprint density at radius 2 is 0.757 bits per heavy atom. The smallest absolute Gasteiger partial charge is 0.252 e. The van der Waals surface area contributed by atoms with Gasteiger partial charge >= 0.3 is 0 Å². The molecule has 3 aromatic heterocycles. The first-order valence-corrected chi connectivity index (χ1v) is 43.8. The van der Waals surface area contributed by atoms with Gasteiger partial charge in [0.15, 0.2) is 29.5 Å². The Morgan fingerprint density at radius 3 is 1.08 bits per heavy atom. The minimum Gasteiger partial charge on any atom is -0.445 e. The highest BCUT2D eigenvalue weighted by atomic mass is 35.5. The van der Waals surface area contributed by atoms with Crippen molar-refractivity contribution < 1.29 is 80.4 Å². The second-order valence-electron chi connectivity index (χ2n) is 29.2. The summed E-state index contributed by atoms with van der Waals surface area (Å²) < 4.78 is 125. The molecule has 3 aliphatic carbocycles. The van der Waals surface area contributed by atoms with E-state index in [9.17, 15) is 67.2 Å². The van der Waals surface area contributed by atoms with Gasteiger partial charge in [0.1, 0.15) is 48.3 Å². The van der Waals surface area contributed by atoms with Crippen molar-refractivity contribution in [3.8, 4) is 34.4 Å². The molecule has 9 aromatic rings. The van der Waals surface area contributed by atoms with Gasteiger partial charge in [0.05, 0.1) is 59.1 Å². The molecule has 6 fully saturated rings. The van der Waals surface area contributed by atoms with Crippen molar-refractivity contribution in [2.75, 3.05) is 86.9 Å². The van der Waals surface area contributed by atoms with E-state index in [2.05, 4.69) is 36.2 Å². The molecule has 0 radical (unpaired) electrons. The van der Waals surface area contributed by atoms with Crippen LogP contribution < -0.4 is 27.0 Å². The lowest BCUT2D eigenvalue weighted by molar-refractivity contribution is -0.133. The molecule has 3 saturated heterocycles. The summed E-state index contributed by atoms with van der Waals surface area (Å²) in [6, 6.07) is 38.1. The summed E-state index contributed by atoms with van der Waals surface area (Å²) in [6.07, 6.45) is 15.2. The number of nitrogens with two attached hydrogens (primary N) is 1. The van der Waals surface area contributed by atoms with Crippen molar-refractivity contribution >= 4 is 75.9 Å². The van der Waals surface area contributed by atoms with Gasteiger partial charge in [-0.2, -0.15) is 0 Å². The minimum absolute atomic E-state index is 0.0346. The van der Waals surface area contributed by atoms with Crippen molar-refractivity contribution in [2.45, 2.75) is 99.3 Å². The minimum atomic E-state index is -3.15. The number of hydrogen-bond acceptors (Lipinski definition) is 21. The molecular weight excluding hydrogens is 1570 g/mol. The van der Waals surface area contributed by atoms with Crippen molar-refractivity contribution in [1.29, 1.82) is 0 Å². The fraction of sp³-hybridized carbons (Fsp3) is 0.378. The quantitative estimate of drug-likeness (QED) is 0.0315. The van der Waals surface area contributed by atoms with E-state index in [-0.39, 0.29) is 133 Å². The van der Waals surface area contributed by atoms with Crippen LogP contribution in [0.3, 0.4) is 0 Å². The molecule has 15 rings (SSSR count). The summed E-state index contributed by atoms with van der Waals surface area (Å²) >= 11 is 5.30. The van der Waals surface area contributed by atoms with Gasteiger partial charge in [-0.3, -0.25) is 28.8 Å². The number of aromatic nitrogens is 3. The van der Waals surface area contributed by atoms with Gasteiger partial charge in [-0.05, 0) is 207 Å². The number of benzene rings is 6. The zero-order valence-corrected chi connectivity index (χ0v) is 65.9. The molecule has 33 heteroatoms. The van der Waals surface area contributed by atoms with Crippen molar-refractivity contribution in [2.24, 2.45) is 11.7 Å². The molecule has 26 nitrogen and oxygen atoms in total. The Hall–Kier alpha value is -10.2. The summed E-state index contributed by atoms with van der Waals surface area (Å²) in [5.74, 6) is 0.531. The molecule has 0 bridgehead atoms. The predicted molar refractivity (Wildman–Crippen MR) is 424 cm³/mol. The molecule has 3 aliphatic heterocycles. The molecule has 0 unspecified atom stereocenters. The second kappa shape index (κ2) is 38.5. The fourth-order valence-electron chi connectivity index (χ4n) is 14.1. The van der Waals surface area contributed by atoms with Crippen LogP contribution >= 0.6 is 11.6 Å². The zero-order chi connectivity index (χ0) is 81.4. The highest BCUT2D eigenvalue weighted by Gasteiger charge is 2.41. The van der Waals surface area contributed by atoms with Crippen LogP contribution in [0, 0.1) is 23.4 Å². The molecule has 5 amide bonds. The Bertz CT molecular complexity index is 4890. The largest absolute Gasteiger partial charge is 0.445 e. The average Bonchev–Trinajstić information content (AvgIpc) is 1.65. The Labute approximate surface area is 669 Å². The second-order valence-corrected chi connectivity index (χ2v) is 36.4. The first-order chi connectivity index (χ1) is 55.2. The Morgan fingerprint density at radius 1 is 0.435 bits per heavy atom. The van der Waals surface area contributed by atoms with E-state index >= 15 is 0 Å². The normalized spacial score (nSPS) is 20.8. The number of rotatable bonds is 26. The maximum atomic E-state index is 13.3. The number of nitrogens with one attached hydrogen (secondary N) is 4. The van der Waals surface area contributed by atoms with Gasteiger partial charge < -0.3 is 55.0 Å². The van der Waals surface area contributed by atoms with Crippen LogP contribution in [0.5, 0.6) is 0 Å². The molecule has 0 spiro atoms. The molecule has 115 heavy (non-hydrogen) atoms. The maximum absolute atomic E-state index is 13.3. The van der Waals surface area contributed by atoms with Crippen LogP contribution in [-0.4, -0.2) is 207 Å². The lowest BCUT2D eigenvalue weighted by Gasteiger charge is -2.30. The van der Waals surface area contributed by atoms with Crippen LogP contribution in [0.1, 0.15) is 117 Å². The van der Waals surface area contributed by atoms with E-state index in [1.165, 1.54) is 82.9 Å². The van der Waals surface area contributed by atoms with E-state index < -0.39 is 64.7 Å². The monoisotopic (exact) mass is 1660 g/mol. The summed E-state index contributed by atoms with van der Waals surface area (Å²) in [6.45, 7) is 1.92. The van der Waals surface area contributed by atoms with Crippen molar-refractivity contribution in [1.82, 2.24) is 50.9 Å². The fourth-order valence-corrected chi connectivity index (χ4v) is 17.8. The molecule has 608 valence electrons. The Balaban J connectivity index is 0.000000149. The van der Waals surface area contributed by atoms with Crippen molar-refractivity contribution in [3.63, 3.8) is 0 Å². The van der Waals surface area contributed by atoms with E-state index in [0.717, 1.165) is 59.9 Å². The number of sulfone groups is 3. The number of halogens is 4. The van der Waals surface area contributed by atoms with Crippen LogP contribution in [0.25, 0.3) is 34.4 Å². The maximum Gasteiger partial charge on any atom is 0.252 e. The molecule has 3 saturated carbocycles. The highest BCUT2D eigenvalue weighted by molar-refractivity contribution is 7.92. The van der Waals surface area contributed by atoms with Crippen molar-refractivity contribution in [3.05, 3.63) is 234 Å². The number of oxazole rings is 3. The van der Waals surface area contributed by atoms with Crippen LogP contribution in [-0.2, 0) is 43.9 Å². The van der Waals surface area contributed by atoms with Gasteiger partial charge in [0.2, 0.25) is 35.4 Å². The number of carbonyl (C=O) groups excluding carboxylic acids is 6. The molecule has 6 aromatic carbocycles. The third kappa shape index (κ3) is 24.2. The summed E-state index contributed by atoms with van der Waals surface area (Å²) in [4.78, 5) is 92.6. The third-order valence-electron chi connectivity index (χ3n) is 21.1. The average molecular weight is 1660 g/mol. The first-order valence-electron chi connectivity index (χ1n) is 38.0. The van der Waals surface area contributed by atoms with Gasteiger partial charge in [0.25, 0.3) is 17.1 Å². The predicted octanol–water partition coefficient (Wildman–Crippen LogP) is 9.15. The number of amides is 5. The summed E-state index contributed by atoms with van der Waals surface area (Å²) in [5, 5.41) is 12.1. The lowest BCUT2D eigenvalue weighted by atomic mass is 10.0. The first kappa shape index (κ1) is 84.2. The van der Waals surface area contributed by atoms with Crippen LogP contribution in [0.15, 0.2) is 196 Å². The van der Waals surface area contributed by atoms with Gasteiger partial charge in [-0.1, -0.05) is 42.8 Å². The SMILES string of the molecule is N[C@@H](CCC[C@@H]1C[C@H]1c1ccc(F)cc1)C(=O)N1CCS(=O)(=O)CC1.O=C(Cl)c1ccc(-c2ncco2)cc1.O=C(N[C@@H](CCN[C@@H]1C[C@H]1c1ccc(F)cc1)C(=O)N1CCS(=O)(=O)CC1)c1ccc(-c2ncco2)cc1.O=C(N[C@@H](CCN[C@@H]1C[C@H]1c1ccc(F)cc1)C(=O)N1CCS(=O)(=O)CC1)c1ccc(-c2ncco2)cc1. The van der Waals surface area contributed by atoms with E-state index in [1.807, 2.05) is 12.1 Å². The number of hydrogen-bond donors (Lipinski definition) is 5. The standard InChI is InChI=1S/2C27H29FN4O5S.C18H25FN2O3S.C10H6ClNO2/c2*28-21-7-5-18(6-8-21)22-17-24(22)29-10-9-23(27(34)32-12-15-38(35,36)16-13-32)31-25(33)19-1-3-20(4-2-19)26-30-11-14-37-26;19-15-6-4-13(5-7-15)16-12-14(16)2-1-3-17(20)18(22)21-8-10-25(23,24)11-9-21;11-9(13)7-1-3-8(4-2-7)10-12-5-6-14-10/h2*1-8,11,14,22-24,29H,9-10,12-13,15-17H2,(H,31,33);4-7,14,16-17H,1-3,8-12,20H2;1-6H/t2*22-,23-,24+;14-,16+,17+;/m001./s1. The number of carbonyl (C=O) groups is 6. The van der Waals surface area contributed by atoms with E-state index in [4.69, 9.17) is 30.6 Å². The van der Waals surface area contributed by atoms with Gasteiger partial charge in [-0.15, -0.1) is 0 Å². The molecular formula is C82H89ClF3N11O15S3. The number of nitrogens with zero attached hydrogens (tertiary/aromatic N) is 6. The summed E-state index contributed by atoms with van der Waals surface area (Å²) in [5.41, 5.74) is 12.8. The zero-order valence-electron chi connectivity index (χ0n) is 62.7. The van der Waals surface area contributed by atoms with E-state index in [1.54, 1.807) is 108 Å². The molecule has 6 aliphatic rings. The molecule has 9 atom stereocenters. The summed E-state index contributed by atoms with van der Waals surface area (Å²) in [7, 11) is -9.29. The highest BCUT2D eigenvalue weighted by Crippen LogP contribution is 2.50. The third-order valence-corrected chi connectivity index (χ3v) is 26.1. The van der Waals surface area contributed by atoms with Gasteiger partial charge in [-0.25, -0.2) is 53.4 Å². The van der Waals surface area contributed by atoms with Gasteiger partial charge in [0, 0.05) is 96.6 Å².